The minimum Gasteiger partial charge on any atom is -0.449 e. The van der Waals surface area contributed by atoms with Crippen LogP contribution in [0.1, 0.15) is 47.1 Å². The molecule has 0 bridgehead atoms. The number of carbonyl (C=O) groups is 2. The van der Waals surface area contributed by atoms with Crippen LogP contribution in [-0.2, 0) is 19.9 Å². The van der Waals surface area contributed by atoms with Gasteiger partial charge >= 0.3 is 12.1 Å². The number of fused-ring (bicyclic) bond motifs is 3. The first-order valence-corrected chi connectivity index (χ1v) is 15.0. The standard InChI is InChI=1S/C38H32ClNO4/c1-26(40-37(42)43-25-33-31-20-10-8-18-29(31)30-19-9-11-21-32(30)33)24-36(41)44-38(27-14-4-2-5-15-27,28-16-6-3-7-17-28)34-22-12-13-23-35(34)39/h2-23,26,33H,24-25H2,1H3,(H,40,42). The van der Waals surface area contributed by atoms with Gasteiger partial charge in [0.25, 0.3) is 0 Å². The molecule has 1 unspecified atom stereocenters. The lowest BCUT2D eigenvalue weighted by molar-refractivity contribution is -0.154. The maximum absolute atomic E-state index is 13.7. The Labute approximate surface area is 262 Å². The van der Waals surface area contributed by atoms with Crippen LogP contribution >= 0.6 is 11.6 Å². The number of hydrogen-bond donors (Lipinski definition) is 1. The van der Waals surface area contributed by atoms with Gasteiger partial charge in [-0.05, 0) is 35.2 Å². The maximum Gasteiger partial charge on any atom is 0.407 e. The predicted octanol–water partition coefficient (Wildman–Crippen LogP) is 8.49. The number of esters is 1. The third kappa shape index (κ3) is 5.71. The molecule has 0 heterocycles. The Hall–Kier alpha value is -4.87. The molecule has 0 saturated heterocycles. The normalized spacial score (nSPS) is 13.0. The monoisotopic (exact) mass is 601 g/mol. The van der Waals surface area contributed by atoms with Crippen LogP contribution in [-0.4, -0.2) is 24.7 Å². The summed E-state index contributed by atoms with van der Waals surface area (Å²) in [5.41, 5.74) is 5.44. The summed E-state index contributed by atoms with van der Waals surface area (Å²) in [6, 6.07) is 42.3. The second-order valence-electron chi connectivity index (χ2n) is 10.9. The van der Waals surface area contributed by atoms with Crippen molar-refractivity contribution in [1.82, 2.24) is 5.32 Å². The van der Waals surface area contributed by atoms with Gasteiger partial charge in [-0.1, -0.05) is 139 Å². The van der Waals surface area contributed by atoms with Crippen molar-refractivity contribution in [1.29, 1.82) is 0 Å². The quantitative estimate of drug-likeness (QED) is 0.136. The molecule has 1 amide bonds. The van der Waals surface area contributed by atoms with Gasteiger partial charge in [0.15, 0.2) is 5.60 Å². The summed E-state index contributed by atoms with van der Waals surface area (Å²) >= 11 is 6.75. The van der Waals surface area contributed by atoms with Crippen LogP contribution in [0.25, 0.3) is 11.1 Å². The number of nitrogens with one attached hydrogen (secondary N) is 1. The van der Waals surface area contributed by atoms with Crippen molar-refractivity contribution in [3.63, 3.8) is 0 Å². The number of amides is 1. The third-order valence-electron chi connectivity index (χ3n) is 8.06. The van der Waals surface area contributed by atoms with E-state index in [-0.39, 0.29) is 18.9 Å². The summed E-state index contributed by atoms with van der Waals surface area (Å²) in [7, 11) is 0. The van der Waals surface area contributed by atoms with Gasteiger partial charge < -0.3 is 14.8 Å². The van der Waals surface area contributed by atoms with Gasteiger partial charge in [-0.2, -0.15) is 0 Å². The second-order valence-corrected chi connectivity index (χ2v) is 11.3. The Kier molecular flexibility index (Phi) is 8.49. The summed E-state index contributed by atoms with van der Waals surface area (Å²) in [6.07, 6.45) is -0.661. The highest BCUT2D eigenvalue weighted by atomic mass is 35.5. The Bertz CT molecular complexity index is 1690. The Morgan fingerprint density at radius 3 is 1.80 bits per heavy atom. The van der Waals surface area contributed by atoms with Gasteiger partial charge in [-0.15, -0.1) is 0 Å². The van der Waals surface area contributed by atoms with Gasteiger partial charge in [0.2, 0.25) is 0 Å². The fourth-order valence-corrected chi connectivity index (χ4v) is 6.37. The molecule has 5 nitrogen and oxygen atoms in total. The van der Waals surface area contributed by atoms with Crippen molar-refractivity contribution in [3.05, 3.63) is 166 Å². The zero-order valence-corrected chi connectivity index (χ0v) is 25.0. The number of benzene rings is 5. The highest BCUT2D eigenvalue weighted by molar-refractivity contribution is 6.31. The van der Waals surface area contributed by atoms with Crippen LogP contribution in [0.15, 0.2) is 133 Å². The first kappa shape index (κ1) is 29.2. The fraction of sp³-hybridized carbons (Fsp3) is 0.158. The first-order chi connectivity index (χ1) is 21.5. The Morgan fingerprint density at radius 2 is 1.23 bits per heavy atom. The summed E-state index contributed by atoms with van der Waals surface area (Å²) in [5, 5.41) is 3.28. The molecule has 0 fully saturated rings. The predicted molar refractivity (Wildman–Crippen MR) is 173 cm³/mol. The lowest BCUT2D eigenvalue weighted by Gasteiger charge is -2.36. The molecule has 220 valence electrons. The average Bonchev–Trinajstić information content (AvgIpc) is 3.37. The van der Waals surface area contributed by atoms with E-state index in [0.717, 1.165) is 33.4 Å². The van der Waals surface area contributed by atoms with Gasteiger partial charge in [-0.25, -0.2) is 4.79 Å². The lowest BCUT2D eigenvalue weighted by Crippen LogP contribution is -2.39. The van der Waals surface area contributed by atoms with Crippen molar-refractivity contribution >= 4 is 23.7 Å². The number of hydrogen-bond acceptors (Lipinski definition) is 4. The summed E-state index contributed by atoms with van der Waals surface area (Å²) in [4.78, 5) is 26.6. The van der Waals surface area contributed by atoms with E-state index in [1.807, 2.05) is 103 Å². The van der Waals surface area contributed by atoms with Crippen LogP contribution in [0.3, 0.4) is 0 Å². The highest BCUT2D eigenvalue weighted by Crippen LogP contribution is 2.45. The van der Waals surface area contributed by atoms with E-state index in [4.69, 9.17) is 21.1 Å². The number of ether oxygens (including phenoxy) is 2. The van der Waals surface area contributed by atoms with Crippen LogP contribution < -0.4 is 5.32 Å². The molecule has 0 saturated carbocycles. The Morgan fingerprint density at radius 1 is 0.727 bits per heavy atom. The van der Waals surface area contributed by atoms with Crippen molar-refractivity contribution in [3.8, 4) is 11.1 Å². The van der Waals surface area contributed by atoms with E-state index in [1.54, 1.807) is 13.0 Å². The van der Waals surface area contributed by atoms with Crippen molar-refractivity contribution in [2.45, 2.75) is 30.9 Å². The molecule has 0 aromatic heterocycles. The van der Waals surface area contributed by atoms with E-state index in [2.05, 4.69) is 29.6 Å². The summed E-state index contributed by atoms with van der Waals surface area (Å²) < 4.78 is 12.1. The fourth-order valence-electron chi connectivity index (χ4n) is 6.10. The molecule has 6 heteroatoms. The molecule has 5 aromatic carbocycles. The van der Waals surface area contributed by atoms with Gasteiger partial charge in [0.1, 0.15) is 6.61 Å². The van der Waals surface area contributed by atoms with E-state index >= 15 is 0 Å². The molecule has 1 N–H and O–H groups in total. The number of carbonyl (C=O) groups excluding carboxylic acids is 2. The molecule has 6 rings (SSSR count). The van der Waals surface area contributed by atoms with Crippen molar-refractivity contribution in [2.24, 2.45) is 0 Å². The molecular weight excluding hydrogens is 570 g/mol. The number of alkyl carbamates (subject to hydrolysis) is 1. The van der Waals surface area contributed by atoms with Crippen LogP contribution in [0.4, 0.5) is 4.79 Å². The molecule has 0 spiro atoms. The average molecular weight is 602 g/mol. The second kappa shape index (κ2) is 12.8. The summed E-state index contributed by atoms with van der Waals surface area (Å²) in [6.45, 7) is 1.94. The Balaban J connectivity index is 1.18. The molecule has 0 aliphatic heterocycles. The molecular formula is C38H32ClNO4. The van der Waals surface area contributed by atoms with E-state index in [0.29, 0.717) is 10.6 Å². The van der Waals surface area contributed by atoms with E-state index in [1.165, 1.54) is 0 Å². The van der Waals surface area contributed by atoms with Crippen LogP contribution in [0.2, 0.25) is 5.02 Å². The largest absolute Gasteiger partial charge is 0.449 e. The molecule has 1 atom stereocenters. The third-order valence-corrected chi connectivity index (χ3v) is 8.39. The molecule has 44 heavy (non-hydrogen) atoms. The van der Waals surface area contributed by atoms with E-state index in [9.17, 15) is 9.59 Å². The van der Waals surface area contributed by atoms with Crippen LogP contribution in [0, 0.1) is 0 Å². The van der Waals surface area contributed by atoms with E-state index < -0.39 is 23.7 Å². The zero-order chi connectivity index (χ0) is 30.5. The SMILES string of the molecule is CC(CC(=O)OC(c1ccccc1)(c1ccccc1)c1ccccc1Cl)NC(=O)OCC1c2ccccc2-c2ccccc21. The van der Waals surface area contributed by atoms with Gasteiger partial charge in [-0.3, -0.25) is 4.79 Å². The molecule has 1 aliphatic rings. The minimum absolute atomic E-state index is 0.0543. The van der Waals surface area contributed by atoms with Crippen molar-refractivity contribution in [2.75, 3.05) is 6.61 Å². The van der Waals surface area contributed by atoms with Crippen molar-refractivity contribution < 1.29 is 19.1 Å². The highest BCUT2D eigenvalue weighted by Gasteiger charge is 2.42. The molecule has 5 aromatic rings. The maximum atomic E-state index is 13.7. The smallest absolute Gasteiger partial charge is 0.407 e. The van der Waals surface area contributed by atoms with Gasteiger partial charge in [0.05, 0.1) is 6.42 Å². The number of halogens is 1. The number of rotatable bonds is 9. The summed E-state index contributed by atoms with van der Waals surface area (Å²) in [5.74, 6) is -0.550. The van der Waals surface area contributed by atoms with Gasteiger partial charge in [0, 0.05) is 33.7 Å². The molecule has 0 radical (unpaired) electrons. The first-order valence-electron chi connectivity index (χ1n) is 14.7. The minimum atomic E-state index is -1.30. The lowest BCUT2D eigenvalue weighted by atomic mass is 9.80. The topological polar surface area (TPSA) is 64.6 Å². The molecule has 1 aliphatic carbocycles. The zero-order valence-electron chi connectivity index (χ0n) is 24.3. The van der Waals surface area contributed by atoms with Crippen LogP contribution in [0.5, 0.6) is 0 Å².